The van der Waals surface area contributed by atoms with Gasteiger partial charge in [0.25, 0.3) is 0 Å². The van der Waals surface area contributed by atoms with Gasteiger partial charge >= 0.3 is 0 Å². The fourth-order valence-electron chi connectivity index (χ4n) is 3.50. The lowest BCUT2D eigenvalue weighted by Gasteiger charge is -2.28. The molecule has 0 bridgehead atoms. The number of fused-ring (bicyclic) bond motifs is 3. The third-order valence-corrected chi connectivity index (χ3v) is 5.06. The Balaban J connectivity index is 1.83. The molecule has 0 radical (unpaired) electrons. The van der Waals surface area contributed by atoms with Gasteiger partial charge in [0, 0.05) is 33.8 Å². The average molecular weight is 385 g/mol. The topological polar surface area (TPSA) is 61.4 Å². The smallest absolute Gasteiger partial charge is 0.248 e. The molecule has 3 aliphatic carbocycles. The zero-order valence-corrected chi connectivity index (χ0v) is 14.5. The van der Waals surface area contributed by atoms with Crippen molar-refractivity contribution in [3.63, 3.8) is 0 Å². The van der Waals surface area contributed by atoms with E-state index >= 15 is 0 Å². The summed E-state index contributed by atoms with van der Waals surface area (Å²) in [5.74, 6) is -0.210. The molecule has 0 aromatic heterocycles. The van der Waals surface area contributed by atoms with Crippen molar-refractivity contribution < 1.29 is 9.90 Å². The summed E-state index contributed by atoms with van der Waals surface area (Å²) in [6.45, 7) is 0.192. The summed E-state index contributed by atoms with van der Waals surface area (Å²) in [5, 5.41) is 15.3. The number of rotatable bonds is 3. The summed E-state index contributed by atoms with van der Waals surface area (Å²) in [6, 6.07) is 0.155. The molecule has 2 unspecified atom stereocenters. The van der Waals surface area contributed by atoms with Gasteiger partial charge in [-0.05, 0) is 23.3 Å². The molecule has 4 nitrogen and oxygen atoms in total. The first kappa shape index (κ1) is 15.4. The Kier molecular flexibility index (Phi) is 3.90. The van der Waals surface area contributed by atoms with E-state index in [0.717, 1.165) is 21.3 Å². The van der Waals surface area contributed by atoms with Gasteiger partial charge in [0.1, 0.15) is 0 Å². The van der Waals surface area contributed by atoms with E-state index < -0.39 is 0 Å². The van der Waals surface area contributed by atoms with Gasteiger partial charge in [-0.2, -0.15) is 0 Å². The molecule has 4 rings (SSSR count). The summed E-state index contributed by atoms with van der Waals surface area (Å²) in [4.78, 5) is 12.6. The largest absolute Gasteiger partial charge is 0.395 e. The average Bonchev–Trinajstić information content (AvgIpc) is 2.98. The van der Waals surface area contributed by atoms with Crippen LogP contribution in [0.15, 0.2) is 81.1 Å². The predicted molar refractivity (Wildman–Crippen MR) is 97.1 cm³/mol. The summed E-state index contributed by atoms with van der Waals surface area (Å²) in [6.07, 6.45) is 16.3. The third kappa shape index (κ3) is 2.44. The highest BCUT2D eigenvalue weighted by molar-refractivity contribution is 9.11. The second-order valence-corrected chi connectivity index (χ2v) is 6.93. The van der Waals surface area contributed by atoms with Crippen LogP contribution in [0.3, 0.4) is 0 Å². The summed E-state index contributed by atoms with van der Waals surface area (Å²) >= 11 is 3.54. The molecule has 1 amide bonds. The first-order chi connectivity index (χ1) is 11.7. The van der Waals surface area contributed by atoms with Gasteiger partial charge in [-0.1, -0.05) is 52.4 Å². The van der Waals surface area contributed by atoms with Crippen LogP contribution in [0, 0.1) is 5.92 Å². The molecular formula is C19H17BrN2O2. The lowest BCUT2D eigenvalue weighted by Crippen LogP contribution is -2.33. The molecule has 2 atom stereocenters. The van der Waals surface area contributed by atoms with Gasteiger partial charge in [-0.15, -0.1) is 0 Å². The quantitative estimate of drug-likeness (QED) is 0.698. The van der Waals surface area contributed by atoms with Crippen LogP contribution in [0.2, 0.25) is 0 Å². The van der Waals surface area contributed by atoms with Gasteiger partial charge in [-0.3, -0.25) is 4.79 Å². The molecule has 0 saturated heterocycles. The van der Waals surface area contributed by atoms with Crippen LogP contribution in [-0.2, 0) is 4.79 Å². The number of carbonyl (C=O) groups is 1. The molecule has 0 aromatic rings. The van der Waals surface area contributed by atoms with Crippen LogP contribution < -0.4 is 10.6 Å². The fourth-order valence-corrected chi connectivity index (χ4v) is 3.90. The Hall–Kier alpha value is -2.11. The number of hydrogen-bond acceptors (Lipinski definition) is 3. The zero-order chi connectivity index (χ0) is 16.7. The molecule has 0 saturated carbocycles. The van der Waals surface area contributed by atoms with E-state index in [1.54, 1.807) is 0 Å². The number of aliphatic hydroxyl groups excluding tert-OH is 1. The maximum absolute atomic E-state index is 12.6. The molecule has 0 fully saturated rings. The lowest BCUT2D eigenvalue weighted by atomic mass is 9.79. The minimum absolute atomic E-state index is 0.0654. The maximum atomic E-state index is 12.6. The number of allylic oxidation sites excluding steroid dienone is 8. The highest BCUT2D eigenvalue weighted by Gasteiger charge is 2.36. The van der Waals surface area contributed by atoms with Crippen molar-refractivity contribution in [1.29, 1.82) is 0 Å². The van der Waals surface area contributed by atoms with Crippen LogP contribution >= 0.6 is 15.9 Å². The minimum Gasteiger partial charge on any atom is -0.395 e. The van der Waals surface area contributed by atoms with Crippen molar-refractivity contribution in [3.05, 3.63) is 81.1 Å². The summed E-state index contributed by atoms with van der Waals surface area (Å²) in [5.41, 5.74) is 5.16. The van der Waals surface area contributed by atoms with Crippen LogP contribution in [-0.4, -0.2) is 30.2 Å². The molecule has 122 valence electrons. The number of amides is 1. The van der Waals surface area contributed by atoms with E-state index in [-0.39, 0.29) is 31.0 Å². The maximum Gasteiger partial charge on any atom is 0.248 e. The van der Waals surface area contributed by atoms with E-state index in [1.165, 1.54) is 5.57 Å². The van der Waals surface area contributed by atoms with Crippen LogP contribution in [0.25, 0.3) is 0 Å². The Morgan fingerprint density at radius 1 is 1.21 bits per heavy atom. The number of carbonyl (C=O) groups excluding carboxylic acids is 1. The van der Waals surface area contributed by atoms with Crippen LogP contribution in [0.5, 0.6) is 0 Å². The van der Waals surface area contributed by atoms with Gasteiger partial charge in [0.15, 0.2) is 0 Å². The Labute approximate surface area is 148 Å². The third-order valence-electron chi connectivity index (χ3n) is 4.57. The number of aliphatic hydroxyl groups is 1. The molecule has 4 aliphatic rings. The Morgan fingerprint density at radius 2 is 2.08 bits per heavy atom. The molecular weight excluding hydrogens is 368 g/mol. The molecule has 3 N–H and O–H groups in total. The van der Waals surface area contributed by atoms with Gasteiger partial charge in [0.05, 0.1) is 12.6 Å². The second-order valence-electron chi connectivity index (χ2n) is 6.01. The molecule has 5 heteroatoms. The van der Waals surface area contributed by atoms with E-state index in [0.29, 0.717) is 5.57 Å². The first-order valence-corrected chi connectivity index (χ1v) is 8.74. The molecule has 1 heterocycles. The SMILES string of the molecule is O=C(NCCO)C1=CC2=C3C=CC=CC3NC2=C2C=C(Br)C=CC12. The van der Waals surface area contributed by atoms with Crippen LogP contribution in [0.1, 0.15) is 0 Å². The van der Waals surface area contributed by atoms with Gasteiger partial charge in [-0.25, -0.2) is 0 Å². The number of halogens is 1. The van der Waals surface area contributed by atoms with Crippen molar-refractivity contribution in [3.8, 4) is 0 Å². The second kappa shape index (κ2) is 6.07. The minimum atomic E-state index is -0.131. The fraction of sp³-hybridized carbons (Fsp3) is 0.211. The van der Waals surface area contributed by atoms with Crippen molar-refractivity contribution in [2.75, 3.05) is 13.2 Å². The molecule has 0 aromatic carbocycles. The first-order valence-electron chi connectivity index (χ1n) is 7.95. The van der Waals surface area contributed by atoms with E-state index in [1.807, 2.05) is 30.4 Å². The Morgan fingerprint density at radius 3 is 2.92 bits per heavy atom. The van der Waals surface area contributed by atoms with E-state index in [4.69, 9.17) is 5.11 Å². The summed E-state index contributed by atoms with van der Waals surface area (Å²) < 4.78 is 0.991. The molecule has 0 spiro atoms. The van der Waals surface area contributed by atoms with E-state index in [2.05, 4.69) is 44.8 Å². The van der Waals surface area contributed by atoms with Gasteiger partial charge in [0.2, 0.25) is 5.91 Å². The standard InChI is InChI=1S/C19H17BrN2O2/c20-11-5-6-12-14(9-11)18-15(10-16(12)19(24)21-7-8-23)13-3-1-2-4-17(13)22-18/h1-6,9-10,12,17,22-23H,7-8H2,(H,21,24). The van der Waals surface area contributed by atoms with Crippen molar-refractivity contribution in [2.24, 2.45) is 5.92 Å². The monoisotopic (exact) mass is 384 g/mol. The molecule has 1 aliphatic heterocycles. The lowest BCUT2D eigenvalue weighted by molar-refractivity contribution is -0.117. The Bertz CT molecular complexity index is 824. The van der Waals surface area contributed by atoms with E-state index in [9.17, 15) is 4.79 Å². The number of hydrogen-bond donors (Lipinski definition) is 3. The van der Waals surface area contributed by atoms with Gasteiger partial charge < -0.3 is 15.7 Å². The highest BCUT2D eigenvalue weighted by Crippen LogP contribution is 2.43. The van der Waals surface area contributed by atoms with Crippen molar-refractivity contribution in [1.82, 2.24) is 10.6 Å². The normalized spacial score (nSPS) is 26.4. The van der Waals surface area contributed by atoms with Crippen molar-refractivity contribution in [2.45, 2.75) is 6.04 Å². The van der Waals surface area contributed by atoms with Crippen molar-refractivity contribution >= 4 is 21.8 Å². The zero-order valence-electron chi connectivity index (χ0n) is 12.9. The predicted octanol–water partition coefficient (Wildman–Crippen LogP) is 2.15. The highest BCUT2D eigenvalue weighted by atomic mass is 79.9. The van der Waals surface area contributed by atoms with Crippen LogP contribution in [0.4, 0.5) is 0 Å². The molecule has 24 heavy (non-hydrogen) atoms. The number of nitrogens with one attached hydrogen (secondary N) is 2. The summed E-state index contributed by atoms with van der Waals surface area (Å²) in [7, 11) is 0.